The summed E-state index contributed by atoms with van der Waals surface area (Å²) in [7, 11) is 0. The second kappa shape index (κ2) is 5.56. The molecule has 0 saturated carbocycles. The van der Waals surface area contributed by atoms with Gasteiger partial charge in [-0.3, -0.25) is 9.69 Å². The molecule has 0 radical (unpaired) electrons. The number of rotatable bonds is 4. The Morgan fingerprint density at radius 3 is 2.57 bits per heavy atom. The number of benzene rings is 1. The molecule has 2 aliphatic heterocycles. The van der Waals surface area contributed by atoms with Crippen molar-refractivity contribution in [3.63, 3.8) is 0 Å². The van der Waals surface area contributed by atoms with Gasteiger partial charge in [0.25, 0.3) is 0 Å². The summed E-state index contributed by atoms with van der Waals surface area (Å²) in [4.78, 5) is 13.3. The van der Waals surface area contributed by atoms with Crippen LogP contribution in [0.5, 0.6) is 11.5 Å². The van der Waals surface area contributed by atoms with E-state index in [4.69, 9.17) is 14.6 Å². The van der Waals surface area contributed by atoms with Crippen molar-refractivity contribution in [1.29, 1.82) is 0 Å². The molecular weight excluding hydrogens is 270 g/mol. The molecule has 114 valence electrons. The van der Waals surface area contributed by atoms with Gasteiger partial charge in [-0.1, -0.05) is 13.0 Å². The molecule has 1 N–H and O–H groups in total. The summed E-state index contributed by atoms with van der Waals surface area (Å²) in [6.07, 6.45) is 0. The van der Waals surface area contributed by atoms with Crippen LogP contribution in [-0.4, -0.2) is 42.3 Å². The number of aliphatic carboxylic acids is 1. The molecule has 0 aliphatic carbocycles. The molecule has 2 heterocycles. The highest BCUT2D eigenvalue weighted by molar-refractivity contribution is 5.70. The molecule has 5 nitrogen and oxygen atoms in total. The fourth-order valence-corrected chi connectivity index (χ4v) is 2.91. The van der Waals surface area contributed by atoms with E-state index in [2.05, 4.69) is 17.9 Å². The zero-order chi connectivity index (χ0) is 15.0. The van der Waals surface area contributed by atoms with Crippen LogP contribution in [0.3, 0.4) is 0 Å². The predicted molar refractivity (Wildman–Crippen MR) is 77.7 cm³/mol. The van der Waals surface area contributed by atoms with Crippen molar-refractivity contribution in [1.82, 2.24) is 4.90 Å². The molecule has 3 rings (SSSR count). The fourth-order valence-electron chi connectivity index (χ4n) is 2.91. The maximum atomic E-state index is 11.0. The van der Waals surface area contributed by atoms with E-state index in [1.807, 2.05) is 12.1 Å². The van der Waals surface area contributed by atoms with Gasteiger partial charge >= 0.3 is 5.97 Å². The third-order valence-corrected chi connectivity index (χ3v) is 4.63. The Balaban J connectivity index is 1.64. The van der Waals surface area contributed by atoms with E-state index >= 15 is 0 Å². The van der Waals surface area contributed by atoms with Crippen LogP contribution in [0, 0.1) is 11.8 Å². The molecule has 0 bridgehead atoms. The van der Waals surface area contributed by atoms with Gasteiger partial charge in [0, 0.05) is 19.1 Å². The normalized spacial score (nSPS) is 21.4. The van der Waals surface area contributed by atoms with Gasteiger partial charge in [0.2, 0.25) is 0 Å². The first-order valence-electron chi connectivity index (χ1n) is 7.42. The monoisotopic (exact) mass is 291 g/mol. The Hall–Kier alpha value is -1.75. The lowest BCUT2D eigenvalue weighted by molar-refractivity contribution is -0.146. The van der Waals surface area contributed by atoms with Crippen molar-refractivity contribution in [3.8, 4) is 11.5 Å². The van der Waals surface area contributed by atoms with Crippen LogP contribution >= 0.6 is 0 Å². The van der Waals surface area contributed by atoms with Crippen molar-refractivity contribution in [3.05, 3.63) is 23.8 Å². The zero-order valence-corrected chi connectivity index (χ0v) is 12.4. The summed E-state index contributed by atoms with van der Waals surface area (Å²) >= 11 is 0. The number of hydrogen-bond donors (Lipinski definition) is 1. The largest absolute Gasteiger partial charge is 0.486 e. The number of fused-ring (bicyclic) bond motifs is 1. The average molecular weight is 291 g/mol. The SMILES string of the molecule is CC(C(=O)O)C1CN(C(C)c2ccc3c(c2)OCCO3)C1. The van der Waals surface area contributed by atoms with Gasteiger partial charge in [-0.2, -0.15) is 0 Å². The van der Waals surface area contributed by atoms with Gasteiger partial charge in [0.1, 0.15) is 13.2 Å². The lowest BCUT2D eigenvalue weighted by Gasteiger charge is -2.45. The Bertz CT molecular complexity index is 539. The maximum Gasteiger partial charge on any atom is 0.306 e. The molecule has 21 heavy (non-hydrogen) atoms. The molecule has 1 saturated heterocycles. The smallest absolute Gasteiger partial charge is 0.306 e. The number of nitrogens with zero attached hydrogens (tertiary/aromatic N) is 1. The molecule has 0 aromatic heterocycles. The van der Waals surface area contributed by atoms with E-state index in [0.29, 0.717) is 13.2 Å². The van der Waals surface area contributed by atoms with Crippen molar-refractivity contribution < 1.29 is 19.4 Å². The number of carboxylic acids is 1. The first kappa shape index (κ1) is 14.2. The minimum absolute atomic E-state index is 0.252. The van der Waals surface area contributed by atoms with Gasteiger partial charge in [-0.05, 0) is 30.5 Å². The van der Waals surface area contributed by atoms with E-state index < -0.39 is 5.97 Å². The van der Waals surface area contributed by atoms with E-state index in [-0.39, 0.29) is 17.9 Å². The molecule has 1 fully saturated rings. The van der Waals surface area contributed by atoms with Crippen molar-refractivity contribution in [2.75, 3.05) is 26.3 Å². The number of ether oxygens (including phenoxy) is 2. The summed E-state index contributed by atoms with van der Waals surface area (Å²) in [6, 6.07) is 6.31. The van der Waals surface area contributed by atoms with Crippen molar-refractivity contribution in [2.45, 2.75) is 19.9 Å². The van der Waals surface area contributed by atoms with Gasteiger partial charge < -0.3 is 14.6 Å². The minimum atomic E-state index is -0.702. The molecule has 0 amide bonds. The maximum absolute atomic E-state index is 11.0. The highest BCUT2D eigenvalue weighted by atomic mass is 16.6. The lowest BCUT2D eigenvalue weighted by Crippen LogP contribution is -2.51. The van der Waals surface area contributed by atoms with Gasteiger partial charge in [0.15, 0.2) is 11.5 Å². The van der Waals surface area contributed by atoms with Crippen LogP contribution in [0.25, 0.3) is 0 Å². The second-order valence-corrected chi connectivity index (χ2v) is 5.92. The number of carbonyl (C=O) groups is 1. The highest BCUT2D eigenvalue weighted by Gasteiger charge is 2.37. The Morgan fingerprint density at radius 2 is 1.90 bits per heavy atom. The van der Waals surface area contributed by atoms with Crippen LogP contribution in [0.15, 0.2) is 18.2 Å². The summed E-state index contributed by atoms with van der Waals surface area (Å²) in [5.41, 5.74) is 1.18. The molecular formula is C16H21NO4. The van der Waals surface area contributed by atoms with Gasteiger partial charge in [-0.15, -0.1) is 0 Å². The fraction of sp³-hybridized carbons (Fsp3) is 0.562. The molecule has 1 aromatic rings. The molecule has 2 atom stereocenters. The molecule has 2 aliphatic rings. The summed E-state index contributed by atoms with van der Waals surface area (Å²) in [5.74, 6) is 0.891. The Kier molecular flexibility index (Phi) is 3.76. The standard InChI is InChI=1S/C16H21NO4/c1-10(16(18)19)13-8-17(9-13)11(2)12-3-4-14-15(7-12)21-6-5-20-14/h3-4,7,10-11,13H,5-6,8-9H2,1-2H3,(H,18,19). The number of hydrogen-bond acceptors (Lipinski definition) is 4. The molecule has 1 aromatic carbocycles. The van der Waals surface area contributed by atoms with Crippen molar-refractivity contribution >= 4 is 5.97 Å². The Morgan fingerprint density at radius 1 is 1.24 bits per heavy atom. The van der Waals surface area contributed by atoms with Crippen molar-refractivity contribution in [2.24, 2.45) is 11.8 Å². The minimum Gasteiger partial charge on any atom is -0.486 e. The summed E-state index contributed by atoms with van der Waals surface area (Å²) in [6.45, 7) is 6.80. The first-order chi connectivity index (χ1) is 10.1. The van der Waals surface area contributed by atoms with E-state index in [9.17, 15) is 4.79 Å². The third-order valence-electron chi connectivity index (χ3n) is 4.63. The summed E-state index contributed by atoms with van der Waals surface area (Å²) < 4.78 is 11.1. The highest BCUT2D eigenvalue weighted by Crippen LogP contribution is 2.37. The zero-order valence-electron chi connectivity index (χ0n) is 12.4. The molecule has 2 unspecified atom stereocenters. The van der Waals surface area contributed by atoms with Crippen LogP contribution in [0.1, 0.15) is 25.5 Å². The average Bonchev–Trinajstić information content (AvgIpc) is 2.44. The third kappa shape index (κ3) is 2.70. The topological polar surface area (TPSA) is 59.0 Å². The number of likely N-dealkylation sites (tertiary alicyclic amines) is 1. The molecule has 0 spiro atoms. The van der Waals surface area contributed by atoms with Gasteiger partial charge in [0.05, 0.1) is 5.92 Å². The van der Waals surface area contributed by atoms with Crippen LogP contribution < -0.4 is 9.47 Å². The number of carboxylic acid groups (broad SMARTS) is 1. The van der Waals surface area contributed by atoms with Crippen LogP contribution in [0.2, 0.25) is 0 Å². The van der Waals surface area contributed by atoms with E-state index in [1.165, 1.54) is 5.56 Å². The van der Waals surface area contributed by atoms with Gasteiger partial charge in [-0.25, -0.2) is 0 Å². The molecule has 5 heteroatoms. The van der Waals surface area contributed by atoms with Crippen LogP contribution in [-0.2, 0) is 4.79 Å². The van der Waals surface area contributed by atoms with E-state index in [0.717, 1.165) is 24.6 Å². The summed E-state index contributed by atoms with van der Waals surface area (Å²) in [5, 5.41) is 9.04. The first-order valence-corrected chi connectivity index (χ1v) is 7.42. The van der Waals surface area contributed by atoms with E-state index in [1.54, 1.807) is 6.92 Å². The second-order valence-electron chi connectivity index (χ2n) is 5.92. The van der Waals surface area contributed by atoms with Crippen LogP contribution in [0.4, 0.5) is 0 Å². The Labute approximate surface area is 124 Å². The quantitative estimate of drug-likeness (QED) is 0.921. The lowest BCUT2D eigenvalue weighted by atomic mass is 9.85. The predicted octanol–water partition coefficient (Wildman–Crippen LogP) is 2.17.